The van der Waals surface area contributed by atoms with Gasteiger partial charge >= 0.3 is 6.03 Å². The quantitative estimate of drug-likeness (QED) is 0.763. The third-order valence-electron chi connectivity index (χ3n) is 3.43. The van der Waals surface area contributed by atoms with Gasteiger partial charge in [-0.1, -0.05) is 29.8 Å². The lowest BCUT2D eigenvalue weighted by atomic mass is 10.1. The van der Waals surface area contributed by atoms with Crippen LogP contribution >= 0.6 is 11.6 Å². The summed E-state index contributed by atoms with van der Waals surface area (Å²) in [5.74, 6) is 0. The summed E-state index contributed by atoms with van der Waals surface area (Å²) in [5.41, 5.74) is 3.17. The number of rotatable bonds is 4. The Labute approximate surface area is 144 Å². The zero-order chi connectivity index (χ0) is 16.9. The number of aromatic nitrogens is 3. The van der Waals surface area contributed by atoms with E-state index in [0.717, 1.165) is 16.8 Å². The molecule has 0 bridgehead atoms. The number of hydrogen-bond donors (Lipinski definition) is 2. The third-order valence-corrected chi connectivity index (χ3v) is 3.76. The lowest BCUT2D eigenvalue weighted by molar-refractivity contribution is 0.252. The van der Waals surface area contributed by atoms with Crippen molar-refractivity contribution < 1.29 is 4.79 Å². The minimum Gasteiger partial charge on any atom is -0.334 e. The molecule has 0 spiro atoms. The van der Waals surface area contributed by atoms with Gasteiger partial charge in [-0.25, -0.2) is 4.79 Å². The van der Waals surface area contributed by atoms with Crippen LogP contribution in [0.3, 0.4) is 0 Å². The van der Waals surface area contributed by atoms with Crippen molar-refractivity contribution in [3.05, 3.63) is 65.6 Å². The van der Waals surface area contributed by atoms with Crippen LogP contribution < -0.4 is 10.6 Å². The first-order valence-electron chi connectivity index (χ1n) is 7.36. The van der Waals surface area contributed by atoms with Crippen LogP contribution in [0.25, 0.3) is 11.3 Å². The highest BCUT2D eigenvalue weighted by Crippen LogP contribution is 2.21. The van der Waals surface area contributed by atoms with E-state index in [1.165, 1.54) is 0 Å². The van der Waals surface area contributed by atoms with E-state index in [1.54, 1.807) is 35.3 Å². The van der Waals surface area contributed by atoms with Crippen molar-refractivity contribution in [2.24, 2.45) is 7.05 Å². The number of para-hydroxylation sites is 1. The molecule has 0 radical (unpaired) electrons. The Morgan fingerprint density at radius 3 is 2.83 bits per heavy atom. The molecule has 0 atom stereocenters. The average molecular weight is 342 g/mol. The molecule has 1 aromatic carbocycles. The first-order chi connectivity index (χ1) is 11.6. The number of pyridine rings is 1. The summed E-state index contributed by atoms with van der Waals surface area (Å²) in [6.45, 7) is 0.342. The maximum atomic E-state index is 12.1. The van der Waals surface area contributed by atoms with Crippen molar-refractivity contribution in [2.45, 2.75) is 6.54 Å². The molecule has 0 saturated carbocycles. The number of halogens is 1. The molecule has 2 heterocycles. The van der Waals surface area contributed by atoms with Crippen LogP contribution in [0.4, 0.5) is 10.5 Å². The number of anilines is 1. The highest BCUT2D eigenvalue weighted by Gasteiger charge is 2.10. The van der Waals surface area contributed by atoms with E-state index in [2.05, 4.69) is 20.7 Å². The fraction of sp³-hybridized carbons (Fsp3) is 0.118. The largest absolute Gasteiger partial charge is 0.334 e. The molecule has 2 N–H and O–H groups in total. The Balaban J connectivity index is 1.69. The van der Waals surface area contributed by atoms with Crippen LogP contribution in [0.1, 0.15) is 5.56 Å². The number of aryl methyl sites for hydroxylation is 1. The van der Waals surface area contributed by atoms with Gasteiger partial charge in [-0.3, -0.25) is 9.67 Å². The van der Waals surface area contributed by atoms with Crippen LogP contribution in [0.15, 0.2) is 55.0 Å². The first kappa shape index (κ1) is 16.0. The average Bonchev–Trinajstić information content (AvgIpc) is 3.02. The van der Waals surface area contributed by atoms with Crippen LogP contribution in [-0.2, 0) is 13.6 Å². The van der Waals surface area contributed by atoms with E-state index in [9.17, 15) is 4.79 Å². The monoisotopic (exact) mass is 341 g/mol. The Morgan fingerprint density at radius 2 is 2.08 bits per heavy atom. The van der Waals surface area contributed by atoms with Crippen LogP contribution in [-0.4, -0.2) is 20.8 Å². The second-order valence-electron chi connectivity index (χ2n) is 5.20. The van der Waals surface area contributed by atoms with Crippen molar-refractivity contribution in [3.8, 4) is 11.3 Å². The molecule has 0 fully saturated rings. The number of benzene rings is 1. The Hall–Kier alpha value is -2.86. The van der Waals surface area contributed by atoms with Crippen LogP contribution in [0.5, 0.6) is 0 Å². The van der Waals surface area contributed by atoms with Gasteiger partial charge in [0.25, 0.3) is 0 Å². The molecule has 6 nitrogen and oxygen atoms in total. The van der Waals surface area contributed by atoms with Gasteiger partial charge in [-0.2, -0.15) is 5.10 Å². The zero-order valence-electron chi connectivity index (χ0n) is 13.0. The van der Waals surface area contributed by atoms with Crippen molar-refractivity contribution >= 4 is 23.3 Å². The second-order valence-corrected chi connectivity index (χ2v) is 5.61. The highest BCUT2D eigenvalue weighted by atomic mass is 35.5. The molecule has 0 aliphatic carbocycles. The topological polar surface area (TPSA) is 71.8 Å². The molecule has 0 unspecified atom stereocenters. The lowest BCUT2D eigenvalue weighted by Crippen LogP contribution is -2.28. The maximum absolute atomic E-state index is 12.1. The summed E-state index contributed by atoms with van der Waals surface area (Å²) in [6.07, 6.45) is 5.35. The Morgan fingerprint density at radius 1 is 1.25 bits per heavy atom. The highest BCUT2D eigenvalue weighted by molar-refractivity contribution is 6.33. The number of amides is 2. The predicted octanol–water partition coefficient (Wildman–Crippen LogP) is 3.46. The summed E-state index contributed by atoms with van der Waals surface area (Å²) in [6, 6.07) is 10.5. The lowest BCUT2D eigenvalue weighted by Gasteiger charge is -2.10. The first-order valence-corrected chi connectivity index (χ1v) is 7.73. The van der Waals surface area contributed by atoms with Crippen LogP contribution in [0, 0.1) is 0 Å². The molecular formula is C17H16ClN5O. The number of carbonyl (C=O) groups is 1. The zero-order valence-corrected chi connectivity index (χ0v) is 13.8. The minimum absolute atomic E-state index is 0.330. The van der Waals surface area contributed by atoms with Gasteiger partial charge in [-0.15, -0.1) is 0 Å². The van der Waals surface area contributed by atoms with Crippen molar-refractivity contribution in [2.75, 3.05) is 5.32 Å². The van der Waals surface area contributed by atoms with E-state index >= 15 is 0 Å². The Bertz CT molecular complexity index is 861. The van der Waals surface area contributed by atoms with Gasteiger partial charge < -0.3 is 10.6 Å². The van der Waals surface area contributed by atoms with E-state index in [1.807, 2.05) is 31.4 Å². The van der Waals surface area contributed by atoms with Gasteiger partial charge in [0, 0.05) is 31.5 Å². The fourth-order valence-electron chi connectivity index (χ4n) is 2.29. The van der Waals surface area contributed by atoms with E-state index < -0.39 is 0 Å². The number of urea groups is 1. The number of hydrogen-bond acceptors (Lipinski definition) is 3. The standard InChI is InChI=1S/C17H16ClN5O/c1-23-11-13(10-21-23)16-12(5-4-8-19-16)9-20-17(24)22-15-7-3-2-6-14(15)18/h2-8,10-11H,9H2,1H3,(H2,20,22,24). The number of nitrogens with one attached hydrogen (secondary N) is 2. The van der Waals surface area contributed by atoms with Gasteiger partial charge in [-0.05, 0) is 23.8 Å². The maximum Gasteiger partial charge on any atom is 0.319 e. The summed E-state index contributed by atoms with van der Waals surface area (Å²) < 4.78 is 1.71. The molecule has 0 aliphatic heterocycles. The predicted molar refractivity (Wildman–Crippen MR) is 93.7 cm³/mol. The second kappa shape index (κ2) is 7.14. The molecule has 24 heavy (non-hydrogen) atoms. The molecule has 0 aliphatic rings. The van der Waals surface area contributed by atoms with E-state index in [4.69, 9.17) is 11.6 Å². The molecule has 7 heteroatoms. The molecule has 2 aromatic heterocycles. The fourth-order valence-corrected chi connectivity index (χ4v) is 2.47. The summed E-state index contributed by atoms with van der Waals surface area (Å²) >= 11 is 6.03. The van der Waals surface area contributed by atoms with E-state index in [0.29, 0.717) is 17.3 Å². The molecule has 0 saturated heterocycles. The molecular weight excluding hydrogens is 326 g/mol. The van der Waals surface area contributed by atoms with Crippen molar-refractivity contribution in [1.29, 1.82) is 0 Å². The van der Waals surface area contributed by atoms with Gasteiger partial charge in [0.1, 0.15) is 0 Å². The normalized spacial score (nSPS) is 10.4. The van der Waals surface area contributed by atoms with Gasteiger partial charge in [0.15, 0.2) is 0 Å². The third kappa shape index (κ3) is 3.72. The SMILES string of the molecule is Cn1cc(-c2ncccc2CNC(=O)Nc2ccccc2Cl)cn1. The number of nitrogens with zero attached hydrogens (tertiary/aromatic N) is 3. The number of carbonyl (C=O) groups excluding carboxylic acids is 1. The summed E-state index contributed by atoms with van der Waals surface area (Å²) in [7, 11) is 1.85. The Kier molecular flexibility index (Phi) is 4.77. The molecule has 3 aromatic rings. The minimum atomic E-state index is -0.330. The van der Waals surface area contributed by atoms with Crippen LogP contribution in [0.2, 0.25) is 5.02 Å². The molecule has 122 valence electrons. The smallest absolute Gasteiger partial charge is 0.319 e. The summed E-state index contributed by atoms with van der Waals surface area (Å²) in [5, 5.41) is 10.2. The van der Waals surface area contributed by atoms with Crippen molar-refractivity contribution in [3.63, 3.8) is 0 Å². The van der Waals surface area contributed by atoms with Crippen molar-refractivity contribution in [1.82, 2.24) is 20.1 Å². The molecule has 2 amide bonds. The van der Waals surface area contributed by atoms with Gasteiger partial charge in [0.2, 0.25) is 0 Å². The van der Waals surface area contributed by atoms with Gasteiger partial charge in [0.05, 0.1) is 22.6 Å². The van der Waals surface area contributed by atoms with E-state index in [-0.39, 0.29) is 6.03 Å². The summed E-state index contributed by atoms with van der Waals surface area (Å²) in [4.78, 5) is 16.5. The molecule has 3 rings (SSSR count).